The highest BCUT2D eigenvalue weighted by Crippen LogP contribution is 2.33. The number of carbonyl (C=O) groups excluding carboxylic acids is 2. The number of ether oxygens (including phenoxy) is 3. The molecule has 1 unspecified atom stereocenters. The van der Waals surface area contributed by atoms with Gasteiger partial charge < -0.3 is 24.4 Å². The van der Waals surface area contributed by atoms with Crippen molar-refractivity contribution < 1.29 is 32.2 Å². The maximum Gasteiger partial charge on any atom is 0.264 e. The van der Waals surface area contributed by atoms with E-state index in [-0.39, 0.29) is 28.8 Å². The van der Waals surface area contributed by atoms with Crippen molar-refractivity contribution in [2.45, 2.75) is 64.4 Å². The van der Waals surface area contributed by atoms with Crippen molar-refractivity contribution in [3.05, 3.63) is 77.9 Å². The zero-order chi connectivity index (χ0) is 33.0. The van der Waals surface area contributed by atoms with Crippen LogP contribution in [-0.2, 0) is 26.2 Å². The van der Waals surface area contributed by atoms with Crippen LogP contribution in [0.4, 0.5) is 5.69 Å². The Morgan fingerprint density at radius 1 is 0.911 bits per heavy atom. The van der Waals surface area contributed by atoms with Gasteiger partial charge in [0.25, 0.3) is 10.0 Å². The molecule has 3 rings (SSSR count). The van der Waals surface area contributed by atoms with Gasteiger partial charge in [0.1, 0.15) is 18.3 Å². The largest absolute Gasteiger partial charge is 0.494 e. The molecule has 0 radical (unpaired) electrons. The second-order valence-electron chi connectivity index (χ2n) is 10.5. The number of anilines is 1. The number of aryl methyl sites for hydroxylation is 1. The number of unbranched alkanes of at least 4 members (excludes halogenated alkanes) is 1. The molecule has 0 aliphatic heterocycles. The van der Waals surface area contributed by atoms with Crippen LogP contribution in [0.25, 0.3) is 0 Å². The normalized spacial score (nSPS) is 11.8. The molecule has 0 aliphatic carbocycles. The van der Waals surface area contributed by atoms with Crippen molar-refractivity contribution in [2.75, 3.05) is 38.2 Å². The highest BCUT2D eigenvalue weighted by molar-refractivity contribution is 7.92. The van der Waals surface area contributed by atoms with Gasteiger partial charge in [-0.05, 0) is 68.7 Å². The molecule has 0 saturated carbocycles. The summed E-state index contributed by atoms with van der Waals surface area (Å²) in [5.41, 5.74) is 2.10. The predicted octanol–water partition coefficient (Wildman–Crippen LogP) is 5.33. The van der Waals surface area contributed by atoms with Crippen LogP contribution < -0.4 is 23.8 Å². The third-order valence-electron chi connectivity index (χ3n) is 7.31. The number of hydrogen-bond acceptors (Lipinski definition) is 7. The molecule has 3 aromatic rings. The lowest BCUT2D eigenvalue weighted by molar-refractivity contribution is -0.140. The van der Waals surface area contributed by atoms with Crippen LogP contribution in [0.3, 0.4) is 0 Å². The summed E-state index contributed by atoms with van der Waals surface area (Å²) in [7, 11) is -1.43. The first-order valence-corrected chi connectivity index (χ1v) is 16.6. The quantitative estimate of drug-likeness (QED) is 0.199. The Balaban J connectivity index is 2.09. The van der Waals surface area contributed by atoms with E-state index in [1.54, 1.807) is 24.3 Å². The summed E-state index contributed by atoms with van der Waals surface area (Å²) >= 11 is 0. The van der Waals surface area contributed by atoms with Crippen LogP contribution in [0.1, 0.15) is 51.2 Å². The zero-order valence-electron chi connectivity index (χ0n) is 27.0. The summed E-state index contributed by atoms with van der Waals surface area (Å²) in [6.07, 6.45) is 2.07. The highest BCUT2D eigenvalue weighted by atomic mass is 32.2. The number of rotatable bonds is 17. The Bertz CT molecular complexity index is 1530. The number of amides is 2. The summed E-state index contributed by atoms with van der Waals surface area (Å²) in [5.74, 6) is 0.359. The van der Waals surface area contributed by atoms with Gasteiger partial charge in [0.05, 0.1) is 31.4 Å². The molecule has 244 valence electrons. The Hall–Kier alpha value is -4.25. The Labute approximate surface area is 267 Å². The summed E-state index contributed by atoms with van der Waals surface area (Å²) < 4.78 is 45.8. The van der Waals surface area contributed by atoms with E-state index < -0.39 is 28.5 Å². The number of hydrogen-bond donors (Lipinski definition) is 1. The van der Waals surface area contributed by atoms with Gasteiger partial charge in [-0.25, -0.2) is 8.42 Å². The molecule has 0 aromatic heterocycles. The monoisotopic (exact) mass is 639 g/mol. The van der Waals surface area contributed by atoms with Crippen LogP contribution in [0, 0.1) is 6.92 Å². The van der Waals surface area contributed by atoms with Crippen molar-refractivity contribution in [2.24, 2.45) is 0 Å². The molecule has 1 N–H and O–H groups in total. The van der Waals surface area contributed by atoms with E-state index in [0.717, 1.165) is 28.3 Å². The molecule has 45 heavy (non-hydrogen) atoms. The average molecular weight is 640 g/mol. The maximum atomic E-state index is 14.3. The highest BCUT2D eigenvalue weighted by Gasteiger charge is 2.34. The first-order chi connectivity index (χ1) is 21.6. The van der Waals surface area contributed by atoms with Crippen LogP contribution in [0.15, 0.2) is 71.6 Å². The Morgan fingerprint density at radius 3 is 2.22 bits per heavy atom. The van der Waals surface area contributed by atoms with E-state index in [4.69, 9.17) is 14.2 Å². The van der Waals surface area contributed by atoms with E-state index in [1.807, 2.05) is 52.0 Å². The lowest BCUT2D eigenvalue weighted by atomic mass is 10.1. The fourth-order valence-electron chi connectivity index (χ4n) is 4.94. The number of methoxy groups -OCH3 is 2. The maximum absolute atomic E-state index is 14.3. The van der Waals surface area contributed by atoms with E-state index in [2.05, 4.69) is 5.32 Å². The second-order valence-corrected chi connectivity index (χ2v) is 12.4. The number of nitrogens with one attached hydrogen (secondary N) is 1. The standard InChI is InChI=1S/C34H45N3O7S/c1-7-10-20-35-34(39)30(8-2)36(23-26-13-11-12-25(4)21-26)33(38)24-37(27-14-16-28(17-15-27)44-9-3)45(40,41)29-18-19-31(42-5)32(22-29)43-6/h11-19,21-22,30H,7-10,20,23-24H2,1-6H3,(H,35,39). The van der Waals surface area contributed by atoms with Gasteiger partial charge in [0.15, 0.2) is 11.5 Å². The van der Waals surface area contributed by atoms with Gasteiger partial charge in [-0.1, -0.05) is 50.1 Å². The minimum Gasteiger partial charge on any atom is -0.494 e. The second kappa shape index (κ2) is 16.7. The first-order valence-electron chi connectivity index (χ1n) is 15.2. The SMILES string of the molecule is CCCCNC(=O)C(CC)N(Cc1cccc(C)c1)C(=O)CN(c1ccc(OCC)cc1)S(=O)(=O)c1ccc(OC)c(OC)c1. The predicted molar refractivity (Wildman–Crippen MR) is 175 cm³/mol. The third kappa shape index (κ3) is 9.13. The fraction of sp³-hybridized carbons (Fsp3) is 0.412. The molecule has 0 spiro atoms. The summed E-state index contributed by atoms with van der Waals surface area (Å²) in [5, 5.41) is 2.95. The van der Waals surface area contributed by atoms with Crippen molar-refractivity contribution in [3.63, 3.8) is 0 Å². The molecule has 0 bridgehead atoms. The van der Waals surface area contributed by atoms with E-state index in [1.165, 1.54) is 37.3 Å². The minimum atomic E-state index is -4.31. The molecule has 0 heterocycles. The third-order valence-corrected chi connectivity index (χ3v) is 9.08. The van der Waals surface area contributed by atoms with Crippen molar-refractivity contribution in [3.8, 4) is 17.2 Å². The molecular formula is C34H45N3O7S. The average Bonchev–Trinajstić information content (AvgIpc) is 3.03. The lowest BCUT2D eigenvalue weighted by Gasteiger charge is -2.33. The molecule has 11 heteroatoms. The molecule has 1 atom stereocenters. The van der Waals surface area contributed by atoms with Crippen LogP contribution >= 0.6 is 0 Å². The number of carbonyl (C=O) groups is 2. The smallest absolute Gasteiger partial charge is 0.264 e. The molecule has 2 amide bonds. The topological polar surface area (TPSA) is 114 Å². The number of benzene rings is 3. The van der Waals surface area contributed by atoms with Crippen LogP contribution in [0.5, 0.6) is 17.2 Å². The van der Waals surface area contributed by atoms with Crippen LogP contribution in [0.2, 0.25) is 0 Å². The van der Waals surface area contributed by atoms with Gasteiger partial charge in [0, 0.05) is 19.2 Å². The first kappa shape index (κ1) is 35.2. The summed E-state index contributed by atoms with van der Waals surface area (Å²) in [6.45, 7) is 8.20. The number of nitrogens with zero attached hydrogens (tertiary/aromatic N) is 2. The Morgan fingerprint density at radius 2 is 1.62 bits per heavy atom. The van der Waals surface area contributed by atoms with Gasteiger partial charge in [-0.3, -0.25) is 13.9 Å². The molecule has 0 aliphatic rings. The van der Waals surface area contributed by atoms with Gasteiger partial charge in [0.2, 0.25) is 11.8 Å². The van der Waals surface area contributed by atoms with Gasteiger partial charge in [-0.2, -0.15) is 0 Å². The molecule has 10 nitrogen and oxygen atoms in total. The van der Waals surface area contributed by atoms with Crippen molar-refractivity contribution >= 4 is 27.5 Å². The molecule has 3 aromatic carbocycles. The lowest BCUT2D eigenvalue weighted by Crippen LogP contribution is -2.52. The molecular weight excluding hydrogens is 594 g/mol. The van der Waals surface area contributed by atoms with Crippen LogP contribution in [-0.4, -0.2) is 65.1 Å². The Kier molecular flexibility index (Phi) is 13.1. The molecule has 0 fully saturated rings. The minimum absolute atomic E-state index is 0.0866. The van der Waals surface area contributed by atoms with E-state index in [0.29, 0.717) is 31.1 Å². The van der Waals surface area contributed by atoms with Crippen molar-refractivity contribution in [1.29, 1.82) is 0 Å². The van der Waals surface area contributed by atoms with E-state index >= 15 is 0 Å². The van der Waals surface area contributed by atoms with E-state index in [9.17, 15) is 18.0 Å². The summed E-state index contributed by atoms with van der Waals surface area (Å²) in [4.78, 5) is 29.1. The van der Waals surface area contributed by atoms with Gasteiger partial charge >= 0.3 is 0 Å². The summed E-state index contributed by atoms with van der Waals surface area (Å²) in [6, 6.07) is 17.6. The zero-order valence-corrected chi connectivity index (χ0v) is 27.9. The van der Waals surface area contributed by atoms with Gasteiger partial charge in [-0.15, -0.1) is 0 Å². The van der Waals surface area contributed by atoms with Crippen molar-refractivity contribution in [1.82, 2.24) is 10.2 Å². The fourth-order valence-corrected chi connectivity index (χ4v) is 6.37. The molecule has 0 saturated heterocycles. The number of sulfonamides is 1.